The molecule has 0 radical (unpaired) electrons. The first-order valence-corrected chi connectivity index (χ1v) is 9.29. The van der Waals surface area contributed by atoms with Gasteiger partial charge in [0.25, 0.3) is 0 Å². The first-order valence-electron chi connectivity index (χ1n) is 9.29. The molecule has 0 aliphatic carbocycles. The van der Waals surface area contributed by atoms with E-state index < -0.39 is 0 Å². The second-order valence-electron chi connectivity index (χ2n) is 7.31. The maximum Gasteiger partial charge on any atom is 0.231 e. The van der Waals surface area contributed by atoms with Crippen LogP contribution in [0.3, 0.4) is 0 Å². The van der Waals surface area contributed by atoms with Gasteiger partial charge in [0, 0.05) is 19.5 Å². The number of aryl methyl sites for hydroxylation is 2. The van der Waals surface area contributed by atoms with Gasteiger partial charge < -0.3 is 18.9 Å². The van der Waals surface area contributed by atoms with Crippen molar-refractivity contribution in [3.8, 4) is 11.5 Å². The van der Waals surface area contributed by atoms with Crippen LogP contribution >= 0.6 is 0 Å². The molecule has 1 amide bonds. The Balaban J connectivity index is 1.37. The highest BCUT2D eigenvalue weighted by Gasteiger charge is 2.36. The SMILES string of the molecule is Cc1nnc2n1C[C@H](C(=O)N1CCC[C@H]1c1ccc3c(c1)OCO3)CC2. The number of ether oxygens (including phenoxy) is 2. The minimum Gasteiger partial charge on any atom is -0.454 e. The highest BCUT2D eigenvalue weighted by Crippen LogP contribution is 2.40. The molecule has 1 saturated heterocycles. The molecule has 1 aromatic heterocycles. The van der Waals surface area contributed by atoms with Gasteiger partial charge in [-0.1, -0.05) is 6.07 Å². The minimum atomic E-state index is 0.00631. The average molecular weight is 354 g/mol. The van der Waals surface area contributed by atoms with E-state index in [1.54, 1.807) is 0 Å². The van der Waals surface area contributed by atoms with Crippen molar-refractivity contribution in [2.75, 3.05) is 13.3 Å². The Kier molecular flexibility index (Phi) is 3.62. The average Bonchev–Trinajstić information content (AvgIpc) is 3.40. The third kappa shape index (κ3) is 2.45. The van der Waals surface area contributed by atoms with Crippen LogP contribution in [0.2, 0.25) is 0 Å². The second kappa shape index (κ2) is 6.00. The van der Waals surface area contributed by atoms with Gasteiger partial charge >= 0.3 is 0 Å². The molecule has 3 aliphatic heterocycles. The van der Waals surface area contributed by atoms with Crippen LogP contribution in [0.1, 0.15) is 42.5 Å². The Morgan fingerprint density at radius 1 is 1.19 bits per heavy atom. The summed E-state index contributed by atoms with van der Waals surface area (Å²) in [4.78, 5) is 15.3. The Labute approximate surface area is 151 Å². The normalized spacial score (nSPS) is 24.0. The summed E-state index contributed by atoms with van der Waals surface area (Å²) in [5, 5.41) is 8.35. The number of aromatic nitrogens is 3. The number of carbonyl (C=O) groups is 1. The molecule has 0 N–H and O–H groups in total. The van der Waals surface area contributed by atoms with Crippen molar-refractivity contribution >= 4 is 5.91 Å². The van der Waals surface area contributed by atoms with Crippen molar-refractivity contribution in [1.82, 2.24) is 19.7 Å². The van der Waals surface area contributed by atoms with Gasteiger partial charge in [-0.2, -0.15) is 0 Å². The molecule has 2 aromatic rings. The van der Waals surface area contributed by atoms with Crippen LogP contribution in [0.5, 0.6) is 11.5 Å². The molecule has 26 heavy (non-hydrogen) atoms. The third-order valence-electron chi connectivity index (χ3n) is 5.80. The zero-order chi connectivity index (χ0) is 17.7. The molecular weight excluding hydrogens is 332 g/mol. The van der Waals surface area contributed by atoms with E-state index in [2.05, 4.69) is 25.7 Å². The summed E-state index contributed by atoms with van der Waals surface area (Å²) in [7, 11) is 0. The molecule has 0 saturated carbocycles. The number of rotatable bonds is 2. The van der Waals surface area contributed by atoms with Gasteiger partial charge in [-0.25, -0.2) is 0 Å². The topological polar surface area (TPSA) is 69.5 Å². The summed E-state index contributed by atoms with van der Waals surface area (Å²) in [6.07, 6.45) is 3.70. The number of hydrogen-bond acceptors (Lipinski definition) is 5. The molecule has 7 nitrogen and oxygen atoms in total. The van der Waals surface area contributed by atoms with Gasteiger partial charge in [-0.05, 0) is 43.9 Å². The Bertz CT molecular complexity index is 862. The summed E-state index contributed by atoms with van der Waals surface area (Å²) < 4.78 is 13.0. The van der Waals surface area contributed by atoms with E-state index in [9.17, 15) is 4.79 Å². The number of carbonyl (C=O) groups excluding carboxylic acids is 1. The monoisotopic (exact) mass is 354 g/mol. The Hall–Kier alpha value is -2.57. The summed E-state index contributed by atoms with van der Waals surface area (Å²) in [5.74, 6) is 3.72. The van der Waals surface area contributed by atoms with Crippen LogP contribution in [-0.2, 0) is 17.8 Å². The largest absolute Gasteiger partial charge is 0.454 e. The van der Waals surface area contributed by atoms with Crippen molar-refractivity contribution < 1.29 is 14.3 Å². The predicted octanol–water partition coefficient (Wildman–Crippen LogP) is 2.24. The van der Waals surface area contributed by atoms with Crippen LogP contribution in [0.25, 0.3) is 0 Å². The van der Waals surface area contributed by atoms with Gasteiger partial charge in [0.1, 0.15) is 11.6 Å². The standard InChI is InChI=1S/C19H22N4O3/c1-12-20-21-18-7-5-14(10-23(12)18)19(24)22-8-2-3-15(22)13-4-6-16-17(9-13)26-11-25-16/h4,6,9,14-15H,2-3,5,7-8,10-11H2,1H3/t14-,15+/m1/s1. The third-order valence-corrected chi connectivity index (χ3v) is 5.80. The van der Waals surface area contributed by atoms with Gasteiger partial charge in [-0.3, -0.25) is 4.79 Å². The van der Waals surface area contributed by atoms with Gasteiger partial charge in [0.2, 0.25) is 12.7 Å². The number of fused-ring (bicyclic) bond motifs is 2. The van der Waals surface area contributed by atoms with Gasteiger partial charge in [-0.15, -0.1) is 10.2 Å². The zero-order valence-corrected chi connectivity index (χ0v) is 14.9. The summed E-state index contributed by atoms with van der Waals surface area (Å²) >= 11 is 0. The maximum absolute atomic E-state index is 13.3. The number of nitrogens with zero attached hydrogens (tertiary/aromatic N) is 4. The van der Waals surface area contributed by atoms with E-state index in [1.807, 2.05) is 19.1 Å². The van der Waals surface area contributed by atoms with Crippen LogP contribution in [0, 0.1) is 12.8 Å². The molecule has 0 unspecified atom stereocenters. The van der Waals surface area contributed by atoms with E-state index in [4.69, 9.17) is 9.47 Å². The predicted molar refractivity (Wildman–Crippen MR) is 92.8 cm³/mol. The lowest BCUT2D eigenvalue weighted by atomic mass is 9.96. The van der Waals surface area contributed by atoms with E-state index in [1.165, 1.54) is 0 Å². The molecule has 7 heteroatoms. The number of likely N-dealkylation sites (tertiary alicyclic amines) is 1. The quantitative estimate of drug-likeness (QED) is 0.827. The summed E-state index contributed by atoms with van der Waals surface area (Å²) in [6.45, 7) is 3.74. The molecule has 5 rings (SSSR count). The maximum atomic E-state index is 13.3. The van der Waals surface area contributed by atoms with Crippen molar-refractivity contribution in [3.63, 3.8) is 0 Å². The van der Waals surface area contributed by atoms with Crippen LogP contribution in [0.4, 0.5) is 0 Å². The first kappa shape index (κ1) is 15.7. The minimum absolute atomic E-state index is 0.00631. The summed E-state index contributed by atoms with van der Waals surface area (Å²) in [6, 6.07) is 6.17. The first-order chi connectivity index (χ1) is 12.7. The number of amides is 1. The molecule has 1 fully saturated rings. The lowest BCUT2D eigenvalue weighted by molar-refractivity contribution is -0.137. The Morgan fingerprint density at radius 2 is 2.08 bits per heavy atom. The van der Waals surface area contributed by atoms with Crippen LogP contribution < -0.4 is 9.47 Å². The lowest BCUT2D eigenvalue weighted by Gasteiger charge is -2.31. The molecule has 0 spiro atoms. The molecule has 136 valence electrons. The fraction of sp³-hybridized carbons (Fsp3) is 0.526. The van der Waals surface area contributed by atoms with E-state index in [0.29, 0.717) is 6.54 Å². The Morgan fingerprint density at radius 3 is 3.00 bits per heavy atom. The van der Waals surface area contributed by atoms with Crippen molar-refractivity contribution in [2.24, 2.45) is 5.92 Å². The van der Waals surface area contributed by atoms with Crippen molar-refractivity contribution in [1.29, 1.82) is 0 Å². The fourth-order valence-electron chi connectivity index (χ4n) is 4.40. The fourth-order valence-corrected chi connectivity index (χ4v) is 4.40. The highest BCUT2D eigenvalue weighted by molar-refractivity contribution is 5.80. The molecule has 3 aliphatic rings. The lowest BCUT2D eigenvalue weighted by Crippen LogP contribution is -2.39. The van der Waals surface area contributed by atoms with Crippen LogP contribution in [0.15, 0.2) is 18.2 Å². The van der Waals surface area contributed by atoms with E-state index >= 15 is 0 Å². The molecule has 1 aromatic carbocycles. The zero-order valence-electron chi connectivity index (χ0n) is 14.9. The molecule has 0 bridgehead atoms. The van der Waals surface area contributed by atoms with E-state index in [-0.39, 0.29) is 24.7 Å². The molecule has 2 atom stereocenters. The van der Waals surface area contributed by atoms with Crippen molar-refractivity contribution in [2.45, 2.75) is 45.2 Å². The smallest absolute Gasteiger partial charge is 0.231 e. The van der Waals surface area contributed by atoms with Crippen molar-refractivity contribution in [3.05, 3.63) is 35.4 Å². The molecule has 4 heterocycles. The highest BCUT2D eigenvalue weighted by atomic mass is 16.7. The second-order valence-corrected chi connectivity index (χ2v) is 7.31. The number of hydrogen-bond donors (Lipinski definition) is 0. The number of benzene rings is 1. The van der Waals surface area contributed by atoms with E-state index in [0.717, 1.165) is 60.9 Å². The molecular formula is C19H22N4O3. The van der Waals surface area contributed by atoms with Crippen LogP contribution in [-0.4, -0.2) is 38.9 Å². The van der Waals surface area contributed by atoms with Gasteiger partial charge in [0.15, 0.2) is 11.5 Å². The summed E-state index contributed by atoms with van der Waals surface area (Å²) in [5.41, 5.74) is 1.14. The van der Waals surface area contributed by atoms with Gasteiger partial charge in [0.05, 0.1) is 12.0 Å².